The maximum Gasteiger partial charge on any atom is 0.331 e. The first-order valence-electron chi connectivity index (χ1n) is 4.00. The molecule has 0 unspecified atom stereocenters. The van der Waals surface area contributed by atoms with Gasteiger partial charge in [-0.15, -0.1) is 0 Å². The van der Waals surface area contributed by atoms with Gasteiger partial charge in [-0.2, -0.15) is 0 Å². The van der Waals surface area contributed by atoms with Crippen molar-refractivity contribution in [2.75, 3.05) is 20.3 Å². The summed E-state index contributed by atoms with van der Waals surface area (Å²) in [6.07, 6.45) is 1.12. The Balaban J connectivity index is 3.46. The molecule has 0 spiro atoms. The van der Waals surface area contributed by atoms with Crippen molar-refractivity contribution < 1.29 is 18.4 Å². The number of ether oxygens (including phenoxy) is 1. The van der Waals surface area contributed by atoms with Crippen LogP contribution in [0.1, 0.15) is 0 Å². The van der Waals surface area contributed by atoms with E-state index in [0.717, 1.165) is 6.08 Å². The van der Waals surface area contributed by atoms with Crippen LogP contribution in [0, 0.1) is 0 Å². The summed E-state index contributed by atoms with van der Waals surface area (Å²) in [4.78, 5) is 10.6. The summed E-state index contributed by atoms with van der Waals surface area (Å²) in [6.45, 7) is 7.72. The van der Waals surface area contributed by atoms with Gasteiger partial charge in [-0.25, -0.2) is 4.79 Å². The zero-order valence-electron chi connectivity index (χ0n) is 8.33. The molecular formula is C8H16O4Si. The first kappa shape index (κ1) is 12.3. The van der Waals surface area contributed by atoms with Crippen LogP contribution in [0.5, 0.6) is 0 Å². The molecule has 0 N–H and O–H groups in total. The van der Waals surface area contributed by atoms with E-state index in [1.54, 1.807) is 7.11 Å². The number of hydrogen-bond acceptors (Lipinski definition) is 4. The number of esters is 1. The highest BCUT2D eigenvalue weighted by molar-refractivity contribution is 6.64. The van der Waals surface area contributed by atoms with E-state index >= 15 is 0 Å². The molecule has 4 nitrogen and oxygen atoms in total. The molecule has 0 aromatic rings. The molecule has 0 aliphatic rings. The van der Waals surface area contributed by atoms with Crippen molar-refractivity contribution in [2.24, 2.45) is 0 Å². The molecule has 0 fully saturated rings. The van der Waals surface area contributed by atoms with Gasteiger partial charge in [0.15, 0.2) is 0 Å². The van der Waals surface area contributed by atoms with Crippen molar-refractivity contribution in [1.29, 1.82) is 0 Å². The second-order valence-corrected chi connectivity index (χ2v) is 6.32. The Morgan fingerprint density at radius 2 is 2.08 bits per heavy atom. The summed E-state index contributed by atoms with van der Waals surface area (Å²) in [5.74, 6) is -0.430. The van der Waals surface area contributed by atoms with Crippen LogP contribution in [0.4, 0.5) is 0 Å². The lowest BCUT2D eigenvalue weighted by molar-refractivity contribution is -0.138. The molecule has 0 saturated heterocycles. The van der Waals surface area contributed by atoms with Gasteiger partial charge in [0, 0.05) is 13.2 Å². The Hall–Kier alpha value is -0.653. The minimum atomic E-state index is -1.98. The lowest BCUT2D eigenvalue weighted by Crippen LogP contribution is -2.34. The highest BCUT2D eigenvalue weighted by atomic mass is 28.4. The molecule has 0 aromatic heterocycles. The van der Waals surface area contributed by atoms with E-state index < -0.39 is 14.5 Å². The Kier molecular flexibility index (Phi) is 5.61. The summed E-state index contributed by atoms with van der Waals surface area (Å²) in [5.41, 5.74) is 0. The predicted octanol–water partition coefficient (Wildman–Crippen LogP) is 1.08. The van der Waals surface area contributed by atoms with Crippen LogP contribution in [0.25, 0.3) is 0 Å². The highest BCUT2D eigenvalue weighted by Crippen LogP contribution is 2.03. The monoisotopic (exact) mass is 204 g/mol. The first-order chi connectivity index (χ1) is 6.02. The van der Waals surface area contributed by atoms with Crippen LogP contribution >= 0.6 is 0 Å². The maximum absolute atomic E-state index is 10.6. The Morgan fingerprint density at radius 3 is 2.54 bits per heavy atom. The van der Waals surface area contributed by atoms with Crippen molar-refractivity contribution in [2.45, 2.75) is 13.1 Å². The average Bonchev–Trinajstić information content (AvgIpc) is 2.12. The van der Waals surface area contributed by atoms with Crippen LogP contribution in [0.15, 0.2) is 12.7 Å². The smallest absolute Gasteiger partial charge is 0.331 e. The summed E-state index contributed by atoms with van der Waals surface area (Å²) in [5, 5.41) is 0. The van der Waals surface area contributed by atoms with E-state index in [1.165, 1.54) is 0 Å². The molecule has 0 saturated carbocycles. The lowest BCUT2D eigenvalue weighted by Gasteiger charge is -2.19. The third-order valence-corrected chi connectivity index (χ3v) is 3.32. The van der Waals surface area contributed by atoms with Gasteiger partial charge in [-0.05, 0) is 13.1 Å². The molecular weight excluding hydrogens is 188 g/mol. The molecule has 0 amide bonds. The van der Waals surface area contributed by atoms with Gasteiger partial charge in [-0.1, -0.05) is 6.58 Å². The van der Waals surface area contributed by atoms with Crippen molar-refractivity contribution in [3.05, 3.63) is 12.7 Å². The van der Waals surface area contributed by atoms with Crippen LogP contribution in [0.2, 0.25) is 13.1 Å². The van der Waals surface area contributed by atoms with E-state index in [2.05, 4.69) is 6.58 Å². The SMILES string of the molecule is C=CC(=O)OCCO[Si](C)(C)OC. The fraction of sp³-hybridized carbons (Fsp3) is 0.625. The van der Waals surface area contributed by atoms with Gasteiger partial charge in [0.05, 0.1) is 6.61 Å². The topological polar surface area (TPSA) is 44.8 Å². The van der Waals surface area contributed by atoms with Crippen LogP contribution < -0.4 is 0 Å². The molecule has 0 rings (SSSR count). The normalized spacial score (nSPS) is 11.0. The number of carbonyl (C=O) groups is 1. The predicted molar refractivity (Wildman–Crippen MR) is 51.6 cm³/mol. The summed E-state index contributed by atoms with van der Waals surface area (Å²) >= 11 is 0. The minimum absolute atomic E-state index is 0.241. The van der Waals surface area contributed by atoms with Crippen molar-refractivity contribution in [3.8, 4) is 0 Å². The Bertz CT molecular complexity index is 179. The van der Waals surface area contributed by atoms with Crippen LogP contribution in [-0.2, 0) is 18.4 Å². The molecule has 0 atom stereocenters. The molecule has 5 heteroatoms. The van der Waals surface area contributed by atoms with E-state index in [0.29, 0.717) is 6.61 Å². The van der Waals surface area contributed by atoms with Gasteiger partial charge >= 0.3 is 14.5 Å². The highest BCUT2D eigenvalue weighted by Gasteiger charge is 2.21. The fourth-order valence-electron chi connectivity index (χ4n) is 0.548. The quantitative estimate of drug-likeness (QED) is 0.281. The summed E-state index contributed by atoms with van der Waals surface area (Å²) in [6, 6.07) is 0. The molecule has 13 heavy (non-hydrogen) atoms. The van der Waals surface area contributed by atoms with Crippen LogP contribution in [-0.4, -0.2) is 34.9 Å². The third kappa shape index (κ3) is 6.50. The molecule has 0 aromatic carbocycles. The molecule has 76 valence electrons. The Labute approximate surface area is 79.7 Å². The number of rotatable bonds is 6. The molecule has 0 bridgehead atoms. The van der Waals surface area contributed by atoms with Gasteiger partial charge in [0.25, 0.3) is 0 Å². The third-order valence-electron chi connectivity index (χ3n) is 1.44. The average molecular weight is 204 g/mol. The van der Waals surface area contributed by atoms with Crippen molar-refractivity contribution in [3.63, 3.8) is 0 Å². The zero-order valence-corrected chi connectivity index (χ0v) is 9.33. The first-order valence-corrected chi connectivity index (χ1v) is 6.82. The summed E-state index contributed by atoms with van der Waals surface area (Å²) < 4.78 is 15.2. The Morgan fingerprint density at radius 1 is 1.46 bits per heavy atom. The molecule has 0 aliphatic heterocycles. The standard InChI is InChI=1S/C8H16O4Si/c1-5-8(9)11-6-7-12-13(3,4)10-2/h5H,1,6-7H2,2-4H3. The summed E-state index contributed by atoms with van der Waals surface area (Å²) in [7, 11) is -0.364. The van der Waals surface area contributed by atoms with E-state index in [9.17, 15) is 4.79 Å². The van der Waals surface area contributed by atoms with Crippen molar-refractivity contribution >= 4 is 14.5 Å². The second kappa shape index (κ2) is 5.90. The number of hydrogen-bond donors (Lipinski definition) is 0. The zero-order chi connectivity index (χ0) is 10.3. The molecule has 0 heterocycles. The van der Waals surface area contributed by atoms with E-state index in [1.807, 2.05) is 13.1 Å². The molecule has 0 radical (unpaired) electrons. The largest absolute Gasteiger partial charge is 0.460 e. The van der Waals surface area contributed by atoms with Crippen molar-refractivity contribution in [1.82, 2.24) is 0 Å². The van der Waals surface area contributed by atoms with E-state index in [4.69, 9.17) is 13.6 Å². The number of carbonyl (C=O) groups excluding carboxylic acids is 1. The molecule has 0 aliphatic carbocycles. The van der Waals surface area contributed by atoms with Crippen LogP contribution in [0.3, 0.4) is 0 Å². The lowest BCUT2D eigenvalue weighted by atomic mass is 10.6. The maximum atomic E-state index is 10.6. The second-order valence-electron chi connectivity index (χ2n) is 2.82. The van der Waals surface area contributed by atoms with Gasteiger partial charge in [-0.3, -0.25) is 0 Å². The van der Waals surface area contributed by atoms with Gasteiger partial charge in [0.1, 0.15) is 6.61 Å². The van der Waals surface area contributed by atoms with Gasteiger partial charge in [0.2, 0.25) is 0 Å². The fourth-order valence-corrected chi connectivity index (χ4v) is 1.24. The van der Waals surface area contributed by atoms with Gasteiger partial charge < -0.3 is 13.6 Å². The van der Waals surface area contributed by atoms with E-state index in [-0.39, 0.29) is 6.61 Å². The minimum Gasteiger partial charge on any atom is -0.460 e.